The summed E-state index contributed by atoms with van der Waals surface area (Å²) in [5, 5.41) is 1.16. The first kappa shape index (κ1) is 14.4. The lowest BCUT2D eigenvalue weighted by Gasteiger charge is -2.29. The van der Waals surface area contributed by atoms with E-state index in [9.17, 15) is 0 Å². The van der Waals surface area contributed by atoms with Gasteiger partial charge in [0.1, 0.15) is 0 Å². The summed E-state index contributed by atoms with van der Waals surface area (Å²) in [7, 11) is 0. The number of aromatic nitrogens is 2. The number of imidazole rings is 1. The van der Waals surface area contributed by atoms with Crippen molar-refractivity contribution in [2.45, 2.75) is 45.1 Å². The van der Waals surface area contributed by atoms with E-state index < -0.39 is 0 Å². The van der Waals surface area contributed by atoms with Gasteiger partial charge >= 0.3 is 0 Å². The average molecular weight is 329 g/mol. The van der Waals surface area contributed by atoms with Gasteiger partial charge in [-0.3, -0.25) is 0 Å². The molecule has 1 aromatic heterocycles. The lowest BCUT2D eigenvalue weighted by Crippen LogP contribution is -2.19. The van der Waals surface area contributed by atoms with Crippen LogP contribution in [0.5, 0.6) is 0 Å². The van der Waals surface area contributed by atoms with E-state index in [1.165, 1.54) is 32.1 Å². The molecule has 0 radical (unpaired) electrons. The summed E-state index contributed by atoms with van der Waals surface area (Å²) in [4.78, 5) is 3.26. The van der Waals surface area contributed by atoms with E-state index >= 15 is 0 Å². The minimum atomic E-state index is 0.479. The molecule has 2 nitrogen and oxygen atoms in total. The van der Waals surface area contributed by atoms with Gasteiger partial charge in [0, 0.05) is 6.04 Å². The molecule has 108 valence electrons. The third kappa shape index (κ3) is 2.51. The van der Waals surface area contributed by atoms with Crippen LogP contribution in [0.2, 0.25) is 10.0 Å². The fraction of sp³-hybridized carbons (Fsp3) is 0.533. The molecule has 1 saturated carbocycles. The van der Waals surface area contributed by atoms with Crippen molar-refractivity contribution in [2.75, 3.05) is 0 Å². The molecule has 0 amide bonds. The fourth-order valence-electron chi connectivity index (χ4n) is 3.35. The first-order valence-corrected chi connectivity index (χ1v) is 8.35. The van der Waals surface area contributed by atoms with E-state index in [1.807, 2.05) is 12.1 Å². The lowest BCUT2D eigenvalue weighted by molar-refractivity contribution is 0.264. The van der Waals surface area contributed by atoms with Crippen LogP contribution in [0.1, 0.15) is 45.1 Å². The molecule has 20 heavy (non-hydrogen) atoms. The van der Waals surface area contributed by atoms with Crippen molar-refractivity contribution in [2.24, 2.45) is 5.92 Å². The normalized spacial score (nSPS) is 23.4. The lowest BCUT2D eigenvalue weighted by atomic mass is 9.84. The van der Waals surface area contributed by atoms with E-state index in [1.54, 1.807) is 0 Å². The second-order valence-corrected chi connectivity index (χ2v) is 6.88. The van der Waals surface area contributed by atoms with Crippen LogP contribution in [0.3, 0.4) is 0 Å². The topological polar surface area (TPSA) is 20.7 Å². The summed E-state index contributed by atoms with van der Waals surface area (Å²) in [5.74, 6) is 0.809. The Morgan fingerprint density at radius 1 is 1.30 bits per heavy atom. The number of nitrogens with zero attached hydrogens (tertiary/aromatic N) is 1. The third-order valence-electron chi connectivity index (χ3n) is 4.46. The van der Waals surface area contributed by atoms with Crippen LogP contribution in [0.15, 0.2) is 12.1 Å². The van der Waals surface area contributed by atoms with Gasteiger partial charge in [-0.2, -0.15) is 0 Å². The van der Waals surface area contributed by atoms with Crippen LogP contribution in [-0.4, -0.2) is 9.55 Å². The Hall–Kier alpha value is -0.510. The molecule has 1 aromatic carbocycles. The third-order valence-corrected chi connectivity index (χ3v) is 5.48. The second-order valence-electron chi connectivity index (χ2n) is 5.68. The summed E-state index contributed by atoms with van der Waals surface area (Å²) in [6.45, 7) is 2.28. The monoisotopic (exact) mass is 328 g/mol. The van der Waals surface area contributed by atoms with Gasteiger partial charge in [0.05, 0.1) is 21.1 Å². The van der Waals surface area contributed by atoms with Crippen LogP contribution >= 0.6 is 35.4 Å². The van der Waals surface area contributed by atoms with Crippen LogP contribution < -0.4 is 0 Å². The van der Waals surface area contributed by atoms with Gasteiger partial charge < -0.3 is 9.55 Å². The maximum atomic E-state index is 6.17. The van der Waals surface area contributed by atoms with Gasteiger partial charge in [-0.25, -0.2) is 0 Å². The average Bonchev–Trinajstić information content (AvgIpc) is 2.74. The zero-order valence-corrected chi connectivity index (χ0v) is 13.8. The molecule has 2 unspecified atom stereocenters. The van der Waals surface area contributed by atoms with Crippen molar-refractivity contribution >= 4 is 46.5 Å². The zero-order valence-electron chi connectivity index (χ0n) is 11.5. The number of fused-ring (bicyclic) bond motifs is 1. The van der Waals surface area contributed by atoms with E-state index in [4.69, 9.17) is 35.4 Å². The molecule has 0 spiro atoms. The summed E-state index contributed by atoms with van der Waals surface area (Å²) in [6, 6.07) is 4.28. The number of hydrogen-bond acceptors (Lipinski definition) is 1. The molecule has 5 heteroatoms. The number of nitrogens with one attached hydrogen (secondary N) is 1. The minimum Gasteiger partial charge on any atom is -0.331 e. The van der Waals surface area contributed by atoms with E-state index in [0.29, 0.717) is 16.1 Å². The number of aromatic amines is 1. The predicted octanol–water partition coefficient (Wildman–Crippen LogP) is 6.15. The highest BCUT2D eigenvalue weighted by molar-refractivity contribution is 7.71. The number of halogens is 2. The van der Waals surface area contributed by atoms with E-state index in [0.717, 1.165) is 21.7 Å². The highest BCUT2D eigenvalue weighted by Gasteiger charge is 2.24. The Morgan fingerprint density at radius 2 is 2.05 bits per heavy atom. The molecule has 0 saturated heterocycles. The largest absolute Gasteiger partial charge is 0.331 e. The maximum Gasteiger partial charge on any atom is 0.178 e. The molecule has 1 N–H and O–H groups in total. The zero-order chi connectivity index (χ0) is 14.3. The minimum absolute atomic E-state index is 0.479. The number of rotatable bonds is 2. The molecule has 0 bridgehead atoms. The van der Waals surface area contributed by atoms with Gasteiger partial charge in [-0.15, -0.1) is 0 Å². The number of benzene rings is 1. The molecule has 1 heterocycles. The highest BCUT2D eigenvalue weighted by Crippen LogP contribution is 2.37. The van der Waals surface area contributed by atoms with Gasteiger partial charge in [0.25, 0.3) is 0 Å². The number of H-pyrrole nitrogens is 1. The van der Waals surface area contributed by atoms with Crippen molar-refractivity contribution < 1.29 is 0 Å². The summed E-state index contributed by atoms with van der Waals surface area (Å²) >= 11 is 17.8. The Morgan fingerprint density at radius 3 is 2.80 bits per heavy atom. The molecule has 3 rings (SSSR count). The smallest absolute Gasteiger partial charge is 0.178 e. The molecular formula is C15H18Cl2N2S. The van der Waals surface area contributed by atoms with Gasteiger partial charge in [0.15, 0.2) is 4.77 Å². The van der Waals surface area contributed by atoms with Crippen LogP contribution in [0.4, 0.5) is 0 Å². The quantitative estimate of drug-likeness (QED) is 0.656. The number of hydrogen-bond donors (Lipinski definition) is 1. The Labute approximate surface area is 134 Å². The van der Waals surface area contributed by atoms with Crippen LogP contribution in [-0.2, 0) is 0 Å². The van der Waals surface area contributed by atoms with Gasteiger partial charge in [-0.05, 0) is 43.1 Å². The molecule has 1 aliphatic carbocycles. The van der Waals surface area contributed by atoms with E-state index in [-0.39, 0.29) is 0 Å². The first-order valence-electron chi connectivity index (χ1n) is 7.19. The highest BCUT2D eigenvalue weighted by atomic mass is 35.5. The van der Waals surface area contributed by atoms with Crippen molar-refractivity contribution in [3.63, 3.8) is 0 Å². The summed E-state index contributed by atoms with van der Waals surface area (Å²) in [5.41, 5.74) is 2.05. The van der Waals surface area contributed by atoms with Crippen molar-refractivity contribution in [1.29, 1.82) is 0 Å². The Balaban J connectivity index is 2.08. The predicted molar refractivity (Wildman–Crippen MR) is 88.4 cm³/mol. The van der Waals surface area contributed by atoms with Crippen molar-refractivity contribution in [1.82, 2.24) is 9.55 Å². The molecule has 1 fully saturated rings. The Bertz CT molecular complexity index is 689. The summed E-state index contributed by atoms with van der Waals surface area (Å²) < 4.78 is 3.02. The van der Waals surface area contributed by atoms with E-state index in [2.05, 4.69) is 16.5 Å². The second kappa shape index (κ2) is 5.70. The van der Waals surface area contributed by atoms with Crippen molar-refractivity contribution in [3.8, 4) is 0 Å². The van der Waals surface area contributed by atoms with Crippen LogP contribution in [0, 0.1) is 10.7 Å². The van der Waals surface area contributed by atoms with Gasteiger partial charge in [0.2, 0.25) is 0 Å². The summed E-state index contributed by atoms with van der Waals surface area (Å²) in [6.07, 6.45) is 6.27. The Kier molecular flexibility index (Phi) is 4.11. The molecular weight excluding hydrogens is 311 g/mol. The van der Waals surface area contributed by atoms with Gasteiger partial charge in [-0.1, -0.05) is 49.4 Å². The molecule has 0 aliphatic heterocycles. The van der Waals surface area contributed by atoms with Crippen molar-refractivity contribution in [3.05, 3.63) is 26.9 Å². The van der Waals surface area contributed by atoms with Crippen LogP contribution in [0.25, 0.3) is 11.0 Å². The standard InChI is InChI=1S/C15H18Cl2N2S/c1-2-9-4-3-5-10(6-9)19-14-8-12(17)11(16)7-13(14)18-15(19)20/h7-10H,2-6H2,1H3,(H,18,20). The maximum absolute atomic E-state index is 6.17. The molecule has 2 aromatic rings. The fourth-order valence-corrected chi connectivity index (χ4v) is 4.03. The SMILES string of the molecule is CCC1CCCC(n2c(=S)[nH]c3cc(Cl)c(Cl)cc32)C1. The molecule has 2 atom stereocenters. The first-order chi connectivity index (χ1) is 9.60. The molecule has 1 aliphatic rings.